The third kappa shape index (κ3) is 29.5. The standard InChI is InChI=1S/2C44H80N2O25/c1-10-66-45-30-24(51)13-42(38(58)59,70-36(30)33(56)26(53)15-47)64-17-28(68-44(40(62)63)14-25(52)31(46-67-11-2)37(71-44)34(57)27(54)16-48)41(9,29(19(3)4)20(5)6)18-65-43(39(60)61)12-23(50)21(7)35(69-43)32(55)22(8)49;1-10-66-45-30-24(51)13-43(39(60)61,70-36(30)33(56)26(53)15-47)65-18-41(9,29(19(3)4)20(5)6)28(17-64-42(38(58)59)12-23(50)21(7)35(69-42)32(55)22(8)49)68-44(40(62)63)14-25(52)31(46-67-11-2)37(71-44)34(57)27(54)16-48/h2*19-37,45-57H,10-18H2,1-9H3,(H,58,59)(H,60,61)(H,62,63)/i2*8D. The zero-order valence-corrected chi connectivity index (χ0v) is 82.6. The first-order valence-electron chi connectivity index (χ1n) is 48.6. The van der Waals surface area contributed by atoms with Gasteiger partial charge < -0.3 is 219 Å². The van der Waals surface area contributed by atoms with Gasteiger partial charge in [0.1, 0.15) is 85.5 Å². The van der Waals surface area contributed by atoms with Crippen molar-refractivity contribution in [3.8, 4) is 0 Å². The van der Waals surface area contributed by atoms with Gasteiger partial charge in [-0.1, -0.05) is 83.1 Å². The number of aliphatic carboxylic acids is 6. The van der Waals surface area contributed by atoms with Crippen LogP contribution >= 0.6 is 0 Å². The number of hydroxylamine groups is 4. The molecule has 832 valence electrons. The topological polar surface area (TPSA) is 865 Å². The minimum Gasteiger partial charge on any atom is -0.477 e. The lowest BCUT2D eigenvalue weighted by Crippen LogP contribution is -2.69. The first-order valence-corrected chi connectivity index (χ1v) is 47.2. The van der Waals surface area contributed by atoms with E-state index in [2.05, 4.69) is 21.9 Å². The predicted octanol–water partition coefficient (Wildman–Crippen LogP) is -8.49. The molecule has 54 nitrogen and oxygen atoms in total. The van der Waals surface area contributed by atoms with Crippen molar-refractivity contribution in [2.24, 2.45) is 58.2 Å². The highest BCUT2D eigenvalue weighted by atomic mass is 16.8. The lowest BCUT2D eigenvalue weighted by molar-refractivity contribution is -0.365. The molecule has 32 N–H and O–H groups in total. The van der Waals surface area contributed by atoms with Crippen molar-refractivity contribution >= 4 is 35.8 Å². The minimum atomic E-state index is -3.16. The van der Waals surface area contributed by atoms with Crippen molar-refractivity contribution in [1.29, 1.82) is 0 Å². The molecule has 6 saturated heterocycles. The van der Waals surface area contributed by atoms with Gasteiger partial charge in [0.2, 0.25) is 0 Å². The number of nitrogens with one attached hydrogen (secondary N) is 4. The Morgan fingerprint density at radius 1 is 0.338 bits per heavy atom. The monoisotopic (exact) mass is 2080 g/mol. The average Bonchev–Trinajstić information content (AvgIpc) is 0.747. The van der Waals surface area contributed by atoms with Crippen LogP contribution in [0.15, 0.2) is 0 Å². The van der Waals surface area contributed by atoms with Gasteiger partial charge in [0.05, 0.1) is 177 Å². The van der Waals surface area contributed by atoms with Crippen LogP contribution in [0.4, 0.5) is 0 Å². The largest absolute Gasteiger partial charge is 0.477 e. The van der Waals surface area contributed by atoms with Crippen LogP contribution in [0.5, 0.6) is 0 Å². The molecule has 6 aliphatic heterocycles. The van der Waals surface area contributed by atoms with Crippen molar-refractivity contribution in [2.45, 2.75) is 381 Å². The van der Waals surface area contributed by atoms with Gasteiger partial charge >= 0.3 is 35.8 Å². The summed E-state index contributed by atoms with van der Waals surface area (Å²) in [4.78, 5) is 102. The van der Waals surface area contributed by atoms with E-state index in [-0.39, 0.29) is 26.4 Å². The quantitative estimate of drug-likeness (QED) is 0.0252. The number of hydrogen-bond donors (Lipinski definition) is 32. The van der Waals surface area contributed by atoms with Crippen molar-refractivity contribution < 1.29 is 251 Å². The molecule has 0 aromatic carbocycles. The zero-order valence-electron chi connectivity index (χ0n) is 84.6. The summed E-state index contributed by atoms with van der Waals surface area (Å²) in [6.45, 7) is 15.4. The second kappa shape index (κ2) is 54.7. The molecule has 0 radical (unpaired) electrons. The molecule has 0 spiro atoms. The summed E-state index contributed by atoms with van der Waals surface area (Å²) in [6.07, 6.45) is -55.7. The molecule has 6 rings (SSSR count). The summed E-state index contributed by atoms with van der Waals surface area (Å²) >= 11 is 0. The highest BCUT2D eigenvalue weighted by molar-refractivity contribution is 5.78. The lowest BCUT2D eigenvalue weighted by Gasteiger charge is -2.53. The van der Waals surface area contributed by atoms with Gasteiger partial charge in [-0.3, -0.25) is 0 Å². The Morgan fingerprint density at radius 2 is 0.542 bits per heavy atom. The molecule has 0 aromatic heterocycles. The number of aliphatic hydroxyl groups excluding tert-OH is 22. The SMILES string of the molecule is [2H]CC(O)C(O)C1OC(OCC(C)(C(COC2(C(=O)O)CC(O)C(NOCC)C(C(O)C(O)CO)O2)OC2(C(=O)O)CC(O)C(NOCC)C(C(O)C(O)CO)O2)C(C(C)C)C(C)C)(C(=O)O)CC(O)C1C.[2H]CC(O)C(O)C1OC(OCC(OC2(C(=O)O)CC(O)C(NOCC)C(C(O)C(O)CO)O2)C(C)(COC2(C(=O)O)CC(O)C(NOCC)C(C(O)C(O)CO)O2)C(C(C)C)C(C)C)(C(=O)O)CC(O)C1C. The number of hydrogen-bond acceptors (Lipinski definition) is 48. The summed E-state index contributed by atoms with van der Waals surface area (Å²) in [5.74, 6) is -35.8. The fourth-order valence-corrected chi connectivity index (χ4v) is 20.1. The Kier molecular flexibility index (Phi) is 47.8. The van der Waals surface area contributed by atoms with Crippen LogP contribution in [0.25, 0.3) is 0 Å². The Hall–Kier alpha value is -4.86. The van der Waals surface area contributed by atoms with E-state index in [0.29, 0.717) is 0 Å². The van der Waals surface area contributed by atoms with E-state index in [1.807, 2.05) is 0 Å². The maximum absolute atomic E-state index is 13.8. The number of ether oxygens (including phenoxy) is 12. The zero-order chi connectivity index (χ0) is 110. The first kappa shape index (κ1) is 124. The normalized spacial score (nSPS) is 35.8. The number of carboxylic acids is 6. The Morgan fingerprint density at radius 3 is 0.746 bits per heavy atom. The maximum atomic E-state index is 13.8. The average molecular weight is 2080 g/mol. The van der Waals surface area contributed by atoms with Gasteiger partial charge in [0.15, 0.2) is 0 Å². The Bertz CT molecular complexity index is 3880. The lowest BCUT2D eigenvalue weighted by atomic mass is 9.63. The smallest absolute Gasteiger partial charge is 0.364 e. The highest BCUT2D eigenvalue weighted by Crippen LogP contribution is 2.53. The van der Waals surface area contributed by atoms with Crippen LogP contribution in [0.2, 0.25) is 0 Å². The van der Waals surface area contributed by atoms with Gasteiger partial charge in [-0.25, -0.2) is 28.8 Å². The van der Waals surface area contributed by atoms with E-state index in [9.17, 15) is 172 Å². The van der Waals surface area contributed by atoms with Gasteiger partial charge in [-0.15, -0.1) is 0 Å². The van der Waals surface area contributed by atoms with Crippen LogP contribution in [0.3, 0.4) is 0 Å². The molecule has 142 heavy (non-hydrogen) atoms. The van der Waals surface area contributed by atoms with E-state index in [1.54, 1.807) is 83.1 Å². The van der Waals surface area contributed by atoms with E-state index in [0.717, 1.165) is 0 Å². The summed E-state index contributed by atoms with van der Waals surface area (Å²) in [5, 5.41) is 304. The molecule has 6 heterocycles. The van der Waals surface area contributed by atoms with Crippen molar-refractivity contribution in [3.05, 3.63) is 0 Å². The van der Waals surface area contributed by atoms with E-state index in [1.165, 1.54) is 27.7 Å². The molecule has 0 aliphatic carbocycles. The Balaban J connectivity index is 0.000000507. The summed E-state index contributed by atoms with van der Waals surface area (Å²) in [7, 11) is 0. The number of carboxylic acid groups (broad SMARTS) is 6. The third-order valence-corrected chi connectivity index (χ3v) is 27.4. The molecule has 6 fully saturated rings. The predicted molar refractivity (Wildman–Crippen MR) is 476 cm³/mol. The van der Waals surface area contributed by atoms with Crippen LogP contribution < -0.4 is 21.9 Å². The fourth-order valence-electron chi connectivity index (χ4n) is 20.1. The molecule has 0 amide bonds. The molecule has 40 atom stereocenters. The van der Waals surface area contributed by atoms with Crippen molar-refractivity contribution in [1.82, 2.24) is 21.9 Å². The van der Waals surface area contributed by atoms with Crippen LogP contribution in [0.1, 0.15) is 166 Å². The molecule has 6 aliphatic rings. The number of rotatable bonds is 58. The van der Waals surface area contributed by atoms with Crippen LogP contribution in [-0.4, -0.2) is 476 Å². The van der Waals surface area contributed by atoms with E-state index < -0.39 is 417 Å². The molecular weight excluding hydrogens is 1910 g/mol. The number of carbonyl (C=O) groups is 6. The van der Waals surface area contributed by atoms with Gasteiger partial charge in [0.25, 0.3) is 34.7 Å². The fraction of sp³-hybridized carbons (Fsp3) is 0.932. The maximum Gasteiger partial charge on any atom is 0.364 e. The molecule has 54 heteroatoms. The van der Waals surface area contributed by atoms with Crippen LogP contribution in [0, 0.1) is 58.2 Å². The van der Waals surface area contributed by atoms with Gasteiger partial charge in [-0.2, -0.15) is 21.9 Å². The summed E-state index contributed by atoms with van der Waals surface area (Å²) in [5.41, 5.74) is 5.88. The minimum absolute atomic E-state index is 0.00663. The van der Waals surface area contributed by atoms with Gasteiger partial charge in [0, 0.05) is 63.9 Å². The van der Waals surface area contributed by atoms with Crippen molar-refractivity contribution in [2.75, 3.05) is 79.3 Å². The number of aliphatic hydroxyl groups is 22. The molecule has 0 saturated carbocycles. The molecule has 0 bridgehead atoms. The molecule has 0 aromatic rings. The second-order valence-electron chi connectivity index (χ2n) is 39.0. The van der Waals surface area contributed by atoms with E-state index >= 15 is 0 Å². The summed E-state index contributed by atoms with van der Waals surface area (Å²) < 4.78 is 88.8. The molecule has 40 unspecified atom stereocenters. The van der Waals surface area contributed by atoms with E-state index in [4.69, 9.17) is 78.9 Å². The highest BCUT2D eigenvalue weighted by Gasteiger charge is 2.67. The van der Waals surface area contributed by atoms with Crippen LogP contribution in [-0.2, 0) is 105 Å². The first-order chi connectivity index (χ1) is 67.1. The Labute approximate surface area is 823 Å². The van der Waals surface area contributed by atoms with Gasteiger partial charge in [-0.05, 0) is 77.0 Å². The summed E-state index contributed by atoms with van der Waals surface area (Å²) in [6, 6.07) is -6.02. The second-order valence-corrected chi connectivity index (χ2v) is 39.0. The third-order valence-electron chi connectivity index (χ3n) is 27.4. The van der Waals surface area contributed by atoms with Crippen molar-refractivity contribution in [3.63, 3.8) is 0 Å². The molecular formula is C88H160N4O50.